The van der Waals surface area contributed by atoms with Gasteiger partial charge in [-0.15, -0.1) is 0 Å². The molecular formula is C6H9CuN+. The molecule has 0 aliphatic rings. The van der Waals surface area contributed by atoms with Crippen LogP contribution in [-0.2, 0) is 17.1 Å². The third-order valence-corrected chi connectivity index (χ3v) is 0.566. The van der Waals surface area contributed by atoms with E-state index in [-0.39, 0.29) is 24.5 Å². The van der Waals surface area contributed by atoms with Gasteiger partial charge in [-0.05, 0) is 12.1 Å². The number of nitrogens with zero attached hydrogens (tertiary/aromatic N) is 1. The van der Waals surface area contributed by atoms with Crippen molar-refractivity contribution in [1.82, 2.24) is 4.98 Å². The second kappa shape index (κ2) is 6.67. The normalized spacial score (nSPS) is 6.00. The zero-order valence-corrected chi connectivity index (χ0v) is 4.58. The fourth-order valence-corrected chi connectivity index (χ4v) is 0.313. The summed E-state index contributed by atoms with van der Waals surface area (Å²) in [5, 5.41) is 0. The molecule has 0 saturated carbocycles. The van der Waals surface area contributed by atoms with E-state index in [0.717, 1.165) is 0 Å². The van der Waals surface area contributed by atoms with Gasteiger partial charge in [0.1, 0.15) is 0 Å². The van der Waals surface area contributed by atoms with Crippen LogP contribution in [0.5, 0.6) is 0 Å². The number of aromatic nitrogens is 1. The van der Waals surface area contributed by atoms with E-state index < -0.39 is 0 Å². The van der Waals surface area contributed by atoms with Crippen molar-refractivity contribution in [2.24, 2.45) is 0 Å². The van der Waals surface area contributed by atoms with Crippen molar-refractivity contribution < 1.29 is 17.1 Å². The van der Waals surface area contributed by atoms with Gasteiger partial charge in [0.25, 0.3) is 0 Å². The van der Waals surface area contributed by atoms with E-state index in [0.29, 0.717) is 0 Å². The molecule has 2 heteroatoms. The molecule has 0 N–H and O–H groups in total. The van der Waals surface area contributed by atoms with Crippen LogP contribution in [-0.4, -0.2) is 4.98 Å². The van der Waals surface area contributed by atoms with Gasteiger partial charge in [0.05, 0.1) is 0 Å². The summed E-state index contributed by atoms with van der Waals surface area (Å²) in [6, 6.07) is 5.72. The van der Waals surface area contributed by atoms with Crippen LogP contribution in [0.2, 0.25) is 0 Å². The maximum Gasteiger partial charge on any atom is 1.00 e. The Hall–Kier alpha value is -0.331. The molecule has 0 saturated heterocycles. The number of hydrogen-bond donors (Lipinski definition) is 0. The van der Waals surface area contributed by atoms with E-state index in [4.69, 9.17) is 0 Å². The van der Waals surface area contributed by atoms with Gasteiger partial charge in [0.2, 0.25) is 0 Å². The third-order valence-electron chi connectivity index (χ3n) is 0.566. The molecule has 1 aromatic heterocycles. The molecule has 0 spiro atoms. The van der Waals surface area contributed by atoms with Crippen molar-refractivity contribution >= 4 is 0 Å². The zero-order valence-electron chi connectivity index (χ0n) is 3.64. The standard InChI is InChI=1S/C5H5N.CH4.Cu/c1-2-4-6-5-3-1;;/h1-5H;1H4;/q;;+1. The van der Waals surface area contributed by atoms with Crippen molar-refractivity contribution in [2.45, 2.75) is 7.43 Å². The summed E-state index contributed by atoms with van der Waals surface area (Å²) in [4.78, 5) is 3.78. The van der Waals surface area contributed by atoms with E-state index in [1.807, 2.05) is 18.2 Å². The van der Waals surface area contributed by atoms with Crippen molar-refractivity contribution in [3.05, 3.63) is 30.6 Å². The van der Waals surface area contributed by atoms with Crippen LogP contribution in [0.4, 0.5) is 0 Å². The molecule has 0 radical (unpaired) electrons. The first-order valence-electron chi connectivity index (χ1n) is 1.85. The molecule has 0 unspecified atom stereocenters. The first kappa shape index (κ1) is 10.6. The number of hydrogen-bond acceptors (Lipinski definition) is 1. The average Bonchev–Trinajstić information content (AvgIpc) is 1.72. The Labute approximate surface area is 60.6 Å². The van der Waals surface area contributed by atoms with Crippen LogP contribution in [0.3, 0.4) is 0 Å². The van der Waals surface area contributed by atoms with Gasteiger partial charge >= 0.3 is 17.1 Å². The number of rotatable bonds is 0. The molecule has 1 rings (SSSR count). The molecular weight excluding hydrogens is 150 g/mol. The van der Waals surface area contributed by atoms with E-state index >= 15 is 0 Å². The fraction of sp³-hybridized carbons (Fsp3) is 0.167. The summed E-state index contributed by atoms with van der Waals surface area (Å²) >= 11 is 0. The van der Waals surface area contributed by atoms with Crippen molar-refractivity contribution in [1.29, 1.82) is 0 Å². The van der Waals surface area contributed by atoms with Crippen LogP contribution < -0.4 is 0 Å². The average molecular weight is 159 g/mol. The third kappa shape index (κ3) is 3.85. The first-order chi connectivity index (χ1) is 3.00. The SMILES string of the molecule is C.[Cu+].c1ccncc1. The Bertz CT molecular complexity index is 80.5. The molecule has 0 aliphatic carbocycles. The molecule has 1 nitrogen and oxygen atoms in total. The zero-order chi connectivity index (χ0) is 4.24. The maximum absolute atomic E-state index is 3.78. The van der Waals surface area contributed by atoms with E-state index in [1.54, 1.807) is 12.4 Å². The molecule has 0 amide bonds. The largest absolute Gasteiger partial charge is 1.00 e. The van der Waals surface area contributed by atoms with Crippen LogP contribution in [0, 0.1) is 0 Å². The maximum atomic E-state index is 3.78. The Morgan fingerprint density at radius 1 is 0.875 bits per heavy atom. The van der Waals surface area contributed by atoms with Gasteiger partial charge in [-0.1, -0.05) is 13.5 Å². The Morgan fingerprint density at radius 2 is 1.38 bits per heavy atom. The van der Waals surface area contributed by atoms with Crippen molar-refractivity contribution in [3.8, 4) is 0 Å². The monoisotopic (exact) mass is 158 g/mol. The van der Waals surface area contributed by atoms with Crippen molar-refractivity contribution in [3.63, 3.8) is 0 Å². The smallest absolute Gasteiger partial charge is 0.265 e. The summed E-state index contributed by atoms with van der Waals surface area (Å²) in [6.07, 6.45) is 3.50. The molecule has 0 fully saturated rings. The predicted molar refractivity (Wildman–Crippen MR) is 31.0 cm³/mol. The predicted octanol–water partition coefficient (Wildman–Crippen LogP) is 1.72. The first-order valence-corrected chi connectivity index (χ1v) is 1.85. The molecule has 0 bridgehead atoms. The van der Waals surface area contributed by atoms with Gasteiger partial charge in [0.15, 0.2) is 0 Å². The summed E-state index contributed by atoms with van der Waals surface area (Å²) < 4.78 is 0. The summed E-state index contributed by atoms with van der Waals surface area (Å²) in [7, 11) is 0. The summed E-state index contributed by atoms with van der Waals surface area (Å²) in [5.74, 6) is 0. The molecule has 0 atom stereocenters. The van der Waals surface area contributed by atoms with Crippen LogP contribution in [0.15, 0.2) is 30.6 Å². The van der Waals surface area contributed by atoms with Gasteiger partial charge in [0, 0.05) is 12.4 Å². The van der Waals surface area contributed by atoms with E-state index in [9.17, 15) is 0 Å². The van der Waals surface area contributed by atoms with Gasteiger partial charge < -0.3 is 0 Å². The van der Waals surface area contributed by atoms with Crippen molar-refractivity contribution in [2.75, 3.05) is 0 Å². The minimum atomic E-state index is 0. The van der Waals surface area contributed by atoms with E-state index in [1.165, 1.54) is 0 Å². The van der Waals surface area contributed by atoms with Crippen LogP contribution in [0.1, 0.15) is 7.43 Å². The minimum absolute atomic E-state index is 0. The minimum Gasteiger partial charge on any atom is -0.265 e. The Morgan fingerprint density at radius 3 is 1.50 bits per heavy atom. The Balaban J connectivity index is 0. The topological polar surface area (TPSA) is 12.9 Å². The molecule has 48 valence electrons. The van der Waals surface area contributed by atoms with Gasteiger partial charge in [-0.25, -0.2) is 0 Å². The van der Waals surface area contributed by atoms with E-state index in [2.05, 4.69) is 4.98 Å². The Kier molecular flexibility index (Phi) is 8.85. The van der Waals surface area contributed by atoms with Crippen LogP contribution >= 0.6 is 0 Å². The molecule has 8 heavy (non-hydrogen) atoms. The second-order valence-electron chi connectivity index (χ2n) is 1.02. The summed E-state index contributed by atoms with van der Waals surface area (Å²) in [5.41, 5.74) is 0. The molecule has 0 aromatic carbocycles. The number of pyridine rings is 1. The summed E-state index contributed by atoms with van der Waals surface area (Å²) in [6.45, 7) is 0. The van der Waals surface area contributed by atoms with Gasteiger partial charge in [-0.2, -0.15) is 0 Å². The fourth-order valence-electron chi connectivity index (χ4n) is 0.313. The van der Waals surface area contributed by atoms with Gasteiger partial charge in [-0.3, -0.25) is 4.98 Å². The molecule has 0 aliphatic heterocycles. The second-order valence-corrected chi connectivity index (χ2v) is 1.02. The quantitative estimate of drug-likeness (QED) is 0.524. The molecule has 1 aromatic rings. The van der Waals surface area contributed by atoms with Crippen LogP contribution in [0.25, 0.3) is 0 Å². The molecule has 1 heterocycles.